The summed E-state index contributed by atoms with van der Waals surface area (Å²) >= 11 is 1.81. The van der Waals surface area contributed by atoms with Crippen LogP contribution in [0, 0.1) is 0 Å². The molecule has 0 aromatic carbocycles. The van der Waals surface area contributed by atoms with Crippen LogP contribution in [0.15, 0.2) is 23.8 Å². The summed E-state index contributed by atoms with van der Waals surface area (Å²) in [4.78, 5) is 3.83. The maximum Gasteiger partial charge on any atom is 0.163 e. The van der Waals surface area contributed by atoms with Crippen LogP contribution in [0.5, 0.6) is 0 Å². The predicted molar refractivity (Wildman–Crippen MR) is 74.0 cm³/mol. The first-order valence-corrected chi connectivity index (χ1v) is 7.49. The number of nitrogens with zero attached hydrogens (tertiary/aromatic N) is 4. The predicted octanol–water partition coefficient (Wildman–Crippen LogP) is 1.93. The van der Waals surface area contributed by atoms with Crippen LogP contribution in [0.4, 0.5) is 0 Å². The van der Waals surface area contributed by atoms with Gasteiger partial charge in [-0.15, -0.1) is 21.5 Å². The number of aromatic nitrogens is 3. The fourth-order valence-electron chi connectivity index (χ4n) is 2.38. The molecule has 102 valence electrons. The highest BCUT2D eigenvalue weighted by atomic mass is 32.1. The van der Waals surface area contributed by atoms with Crippen molar-refractivity contribution in [2.24, 2.45) is 0 Å². The van der Waals surface area contributed by atoms with Crippen LogP contribution >= 0.6 is 11.3 Å². The lowest BCUT2D eigenvalue weighted by molar-refractivity contribution is -0.0385. The fourth-order valence-corrected chi connectivity index (χ4v) is 3.13. The minimum atomic E-state index is 0.0381. The molecule has 2 aromatic rings. The van der Waals surface area contributed by atoms with Crippen LogP contribution in [0.1, 0.15) is 23.7 Å². The maximum atomic E-state index is 5.85. The highest BCUT2D eigenvalue weighted by Crippen LogP contribution is 2.22. The monoisotopic (exact) mass is 278 g/mol. The van der Waals surface area contributed by atoms with Gasteiger partial charge in [-0.1, -0.05) is 6.07 Å². The molecule has 1 atom stereocenters. The first-order valence-electron chi connectivity index (χ1n) is 6.61. The van der Waals surface area contributed by atoms with Crippen molar-refractivity contribution >= 4 is 11.3 Å². The average Bonchev–Trinajstić information content (AvgIpc) is 3.09. The number of aryl methyl sites for hydroxylation is 1. The molecule has 1 aliphatic heterocycles. The Hall–Kier alpha value is -1.24. The second-order valence-electron chi connectivity index (χ2n) is 4.65. The summed E-state index contributed by atoms with van der Waals surface area (Å²) in [6, 6.07) is 4.29. The van der Waals surface area contributed by atoms with Gasteiger partial charge in [-0.05, 0) is 18.4 Å². The molecular formula is C13H18N4OS. The molecule has 3 rings (SSSR count). The molecule has 1 fully saturated rings. The first-order chi connectivity index (χ1) is 9.36. The van der Waals surface area contributed by atoms with E-state index in [0.29, 0.717) is 0 Å². The number of rotatable bonds is 4. The van der Waals surface area contributed by atoms with E-state index < -0.39 is 0 Å². The Kier molecular flexibility index (Phi) is 3.91. The Morgan fingerprint density at radius 3 is 3.26 bits per heavy atom. The summed E-state index contributed by atoms with van der Waals surface area (Å²) < 4.78 is 7.91. The highest BCUT2D eigenvalue weighted by Gasteiger charge is 2.25. The molecule has 19 heavy (non-hydrogen) atoms. The van der Waals surface area contributed by atoms with E-state index in [1.54, 1.807) is 6.33 Å². The van der Waals surface area contributed by atoms with Crippen LogP contribution < -0.4 is 0 Å². The van der Waals surface area contributed by atoms with Gasteiger partial charge < -0.3 is 9.30 Å². The second-order valence-corrected chi connectivity index (χ2v) is 5.68. The third kappa shape index (κ3) is 2.86. The quantitative estimate of drug-likeness (QED) is 0.857. The smallest absolute Gasteiger partial charge is 0.163 e. The fraction of sp³-hybridized carbons (Fsp3) is 0.538. The van der Waals surface area contributed by atoms with E-state index in [9.17, 15) is 0 Å². The Morgan fingerprint density at radius 1 is 1.53 bits per heavy atom. The number of hydrogen-bond donors (Lipinski definition) is 0. The number of thiophene rings is 1. The summed E-state index contributed by atoms with van der Waals surface area (Å²) in [5, 5.41) is 10.3. The molecule has 0 saturated carbocycles. The minimum absolute atomic E-state index is 0.0381. The summed E-state index contributed by atoms with van der Waals surface area (Å²) in [6.45, 7) is 6.60. The van der Waals surface area contributed by atoms with E-state index >= 15 is 0 Å². The number of morpholine rings is 1. The standard InChI is InChI=1S/C13H18N4OS/c1-2-17-10-14-15-13(17)12-9-16(5-6-18-12)8-11-4-3-7-19-11/h3-4,7,10,12H,2,5-6,8-9H2,1H3/t12-/m0/s1. The Balaban J connectivity index is 1.68. The Labute approximate surface area is 116 Å². The van der Waals surface area contributed by atoms with Crippen LogP contribution in [-0.2, 0) is 17.8 Å². The molecule has 1 saturated heterocycles. The van der Waals surface area contributed by atoms with Crippen molar-refractivity contribution in [3.63, 3.8) is 0 Å². The van der Waals surface area contributed by atoms with Crippen LogP contribution in [0.25, 0.3) is 0 Å². The van der Waals surface area contributed by atoms with Gasteiger partial charge in [-0.25, -0.2) is 0 Å². The van der Waals surface area contributed by atoms with E-state index in [1.807, 2.05) is 11.3 Å². The molecule has 0 N–H and O–H groups in total. The van der Waals surface area contributed by atoms with Crippen molar-refractivity contribution in [2.75, 3.05) is 19.7 Å². The van der Waals surface area contributed by atoms with Gasteiger partial charge in [0.1, 0.15) is 12.4 Å². The molecule has 0 radical (unpaired) electrons. The number of hydrogen-bond acceptors (Lipinski definition) is 5. The van der Waals surface area contributed by atoms with Gasteiger partial charge >= 0.3 is 0 Å². The van der Waals surface area contributed by atoms with Crippen molar-refractivity contribution in [2.45, 2.75) is 26.1 Å². The second kappa shape index (κ2) is 5.81. The SMILES string of the molecule is CCn1cnnc1[C@@H]1CN(Cc2cccs2)CCO1. The molecule has 0 bridgehead atoms. The van der Waals surface area contributed by atoms with Crippen molar-refractivity contribution < 1.29 is 4.74 Å². The van der Waals surface area contributed by atoms with E-state index in [-0.39, 0.29) is 6.10 Å². The molecular weight excluding hydrogens is 260 g/mol. The number of ether oxygens (including phenoxy) is 1. The van der Waals surface area contributed by atoms with Crippen LogP contribution in [-0.4, -0.2) is 39.4 Å². The molecule has 1 aliphatic rings. The van der Waals surface area contributed by atoms with E-state index in [1.165, 1.54) is 4.88 Å². The van der Waals surface area contributed by atoms with Gasteiger partial charge in [-0.2, -0.15) is 0 Å². The van der Waals surface area contributed by atoms with Crippen molar-refractivity contribution in [1.82, 2.24) is 19.7 Å². The van der Waals surface area contributed by atoms with Crippen molar-refractivity contribution in [1.29, 1.82) is 0 Å². The van der Waals surface area contributed by atoms with Gasteiger partial charge in [-0.3, -0.25) is 4.90 Å². The average molecular weight is 278 g/mol. The van der Waals surface area contributed by atoms with Crippen LogP contribution in [0.2, 0.25) is 0 Å². The molecule has 0 aliphatic carbocycles. The van der Waals surface area contributed by atoms with Gasteiger partial charge in [0.25, 0.3) is 0 Å². The zero-order valence-electron chi connectivity index (χ0n) is 11.0. The van der Waals surface area contributed by atoms with Crippen LogP contribution in [0.3, 0.4) is 0 Å². The maximum absolute atomic E-state index is 5.85. The summed E-state index contributed by atoms with van der Waals surface area (Å²) in [5.41, 5.74) is 0. The topological polar surface area (TPSA) is 43.2 Å². The zero-order chi connectivity index (χ0) is 13.1. The third-order valence-electron chi connectivity index (χ3n) is 3.38. The van der Waals surface area contributed by atoms with Crippen molar-refractivity contribution in [3.8, 4) is 0 Å². The largest absolute Gasteiger partial charge is 0.368 e. The highest BCUT2D eigenvalue weighted by molar-refractivity contribution is 7.09. The van der Waals surface area contributed by atoms with E-state index in [2.05, 4.69) is 44.1 Å². The Bertz CT molecular complexity index is 510. The molecule has 2 aromatic heterocycles. The van der Waals surface area contributed by atoms with Gasteiger partial charge in [0.05, 0.1) is 6.61 Å². The first kappa shape index (κ1) is 12.8. The van der Waals surface area contributed by atoms with E-state index in [4.69, 9.17) is 4.74 Å². The molecule has 6 heteroatoms. The third-order valence-corrected chi connectivity index (χ3v) is 4.25. The summed E-state index contributed by atoms with van der Waals surface area (Å²) in [7, 11) is 0. The summed E-state index contributed by atoms with van der Waals surface area (Å²) in [6.07, 6.45) is 1.81. The zero-order valence-corrected chi connectivity index (χ0v) is 11.8. The minimum Gasteiger partial charge on any atom is -0.368 e. The van der Waals surface area contributed by atoms with Gasteiger partial charge in [0.2, 0.25) is 0 Å². The van der Waals surface area contributed by atoms with Gasteiger partial charge in [0, 0.05) is 31.1 Å². The lowest BCUT2D eigenvalue weighted by atomic mass is 10.2. The molecule has 5 nitrogen and oxygen atoms in total. The molecule has 0 amide bonds. The van der Waals surface area contributed by atoms with E-state index in [0.717, 1.165) is 38.6 Å². The normalized spacial score (nSPS) is 20.8. The molecule has 3 heterocycles. The molecule has 0 spiro atoms. The van der Waals surface area contributed by atoms with Crippen molar-refractivity contribution in [3.05, 3.63) is 34.5 Å². The summed E-state index contributed by atoms with van der Waals surface area (Å²) in [5.74, 6) is 0.943. The lowest BCUT2D eigenvalue weighted by Gasteiger charge is -2.32. The van der Waals surface area contributed by atoms with Gasteiger partial charge in [0.15, 0.2) is 5.82 Å². The Morgan fingerprint density at radius 2 is 2.47 bits per heavy atom. The lowest BCUT2D eigenvalue weighted by Crippen LogP contribution is -2.38. The molecule has 0 unspecified atom stereocenters.